The van der Waals surface area contributed by atoms with E-state index in [1.807, 2.05) is 25.5 Å². The van der Waals surface area contributed by atoms with Gasteiger partial charge in [0.25, 0.3) is 0 Å². The van der Waals surface area contributed by atoms with Gasteiger partial charge in [-0.15, -0.1) is 0 Å². The molecule has 8 nitrogen and oxygen atoms in total. The summed E-state index contributed by atoms with van der Waals surface area (Å²) in [7, 11) is 1.89. The highest BCUT2D eigenvalue weighted by Gasteiger charge is 2.25. The number of hydrogen-bond donors (Lipinski definition) is 3. The van der Waals surface area contributed by atoms with E-state index >= 15 is 0 Å². The van der Waals surface area contributed by atoms with Crippen LogP contribution >= 0.6 is 0 Å². The van der Waals surface area contributed by atoms with Gasteiger partial charge >= 0.3 is 0 Å². The van der Waals surface area contributed by atoms with Gasteiger partial charge in [-0.05, 0) is 19.3 Å². The van der Waals surface area contributed by atoms with E-state index in [-0.39, 0.29) is 6.61 Å². The number of nitrogen functional groups attached to an aromatic ring is 1. The maximum Gasteiger partial charge on any atom is 0.165 e. The molecule has 3 aromatic heterocycles. The van der Waals surface area contributed by atoms with Crippen molar-refractivity contribution in [2.75, 3.05) is 18.9 Å². The summed E-state index contributed by atoms with van der Waals surface area (Å²) in [6, 6.07) is 2.37. The van der Waals surface area contributed by atoms with Gasteiger partial charge in [0, 0.05) is 54.6 Å². The standard InChI is InChI=1S/C18H25N7O/c1-24-11-13(9-21-24)15-10-22-25-17(19)8-16(23-18(15)25)12-3-2-4-14(7-12)20-5-6-26/h8-12,14,20,26H,2-7,19H2,1H3/t12-,14+/m0/s1. The number of aromatic nitrogens is 5. The fraction of sp³-hybridized carbons (Fsp3) is 0.500. The van der Waals surface area contributed by atoms with Crippen LogP contribution in [-0.4, -0.2) is 48.7 Å². The van der Waals surface area contributed by atoms with Crippen LogP contribution in [0.3, 0.4) is 0 Å². The molecule has 26 heavy (non-hydrogen) atoms. The molecule has 1 fully saturated rings. The van der Waals surface area contributed by atoms with Crippen LogP contribution in [0.15, 0.2) is 24.7 Å². The number of nitrogens with two attached hydrogens (primary N) is 1. The number of nitrogens with zero attached hydrogens (tertiary/aromatic N) is 5. The van der Waals surface area contributed by atoms with Gasteiger partial charge < -0.3 is 16.2 Å². The lowest BCUT2D eigenvalue weighted by Crippen LogP contribution is -2.35. The van der Waals surface area contributed by atoms with Crippen molar-refractivity contribution in [3.63, 3.8) is 0 Å². The van der Waals surface area contributed by atoms with E-state index < -0.39 is 0 Å². The van der Waals surface area contributed by atoms with Gasteiger partial charge in [-0.1, -0.05) is 6.42 Å². The van der Waals surface area contributed by atoms with Crippen molar-refractivity contribution >= 4 is 11.5 Å². The molecule has 4 rings (SSSR count). The quantitative estimate of drug-likeness (QED) is 0.637. The van der Waals surface area contributed by atoms with Crippen LogP contribution in [0.2, 0.25) is 0 Å². The predicted octanol–water partition coefficient (Wildman–Crippen LogP) is 1.32. The first-order valence-electron chi connectivity index (χ1n) is 9.13. The first-order chi connectivity index (χ1) is 12.7. The average Bonchev–Trinajstić information content (AvgIpc) is 3.26. The highest BCUT2D eigenvalue weighted by Crippen LogP contribution is 2.34. The van der Waals surface area contributed by atoms with Crippen LogP contribution in [0.5, 0.6) is 0 Å². The smallest absolute Gasteiger partial charge is 0.165 e. The minimum atomic E-state index is 0.169. The van der Waals surface area contributed by atoms with Gasteiger partial charge in [-0.3, -0.25) is 4.68 Å². The number of aryl methyl sites for hydroxylation is 1. The fourth-order valence-electron chi connectivity index (χ4n) is 3.89. The molecule has 0 amide bonds. The van der Waals surface area contributed by atoms with Gasteiger partial charge in [-0.25, -0.2) is 4.98 Å². The zero-order valence-electron chi connectivity index (χ0n) is 15.0. The molecule has 2 atom stereocenters. The Morgan fingerprint density at radius 3 is 2.96 bits per heavy atom. The Hall–Kier alpha value is -2.45. The number of aliphatic hydroxyl groups is 1. The molecule has 0 radical (unpaired) electrons. The molecule has 4 N–H and O–H groups in total. The SMILES string of the molecule is Cn1cc(-c2cnn3c(N)cc([C@H]4CCC[C@@H](NCCO)C4)nc23)cn1. The van der Waals surface area contributed by atoms with E-state index in [1.165, 1.54) is 0 Å². The Labute approximate surface area is 152 Å². The molecule has 1 saturated carbocycles. The minimum absolute atomic E-state index is 0.169. The predicted molar refractivity (Wildman–Crippen MR) is 99.7 cm³/mol. The van der Waals surface area contributed by atoms with Gasteiger partial charge in [0.1, 0.15) is 5.82 Å². The van der Waals surface area contributed by atoms with Gasteiger partial charge in [0.15, 0.2) is 5.65 Å². The first-order valence-corrected chi connectivity index (χ1v) is 9.13. The van der Waals surface area contributed by atoms with Crippen LogP contribution < -0.4 is 11.1 Å². The van der Waals surface area contributed by atoms with E-state index in [0.29, 0.717) is 24.3 Å². The molecule has 0 spiro atoms. The Kier molecular flexibility index (Phi) is 4.60. The van der Waals surface area contributed by atoms with Crippen molar-refractivity contribution in [2.24, 2.45) is 7.05 Å². The Morgan fingerprint density at radius 1 is 1.31 bits per heavy atom. The van der Waals surface area contributed by atoms with Crippen molar-refractivity contribution in [3.05, 3.63) is 30.4 Å². The summed E-state index contributed by atoms with van der Waals surface area (Å²) in [5.41, 5.74) is 9.99. The summed E-state index contributed by atoms with van der Waals surface area (Å²) in [6.45, 7) is 0.808. The fourth-order valence-corrected chi connectivity index (χ4v) is 3.89. The molecule has 0 unspecified atom stereocenters. The van der Waals surface area contributed by atoms with E-state index in [1.54, 1.807) is 15.4 Å². The second-order valence-corrected chi connectivity index (χ2v) is 7.04. The second kappa shape index (κ2) is 7.05. The Balaban J connectivity index is 1.67. The molecule has 1 aliphatic carbocycles. The highest BCUT2D eigenvalue weighted by atomic mass is 16.3. The molecule has 3 aromatic rings. The number of fused-ring (bicyclic) bond motifs is 1. The Bertz CT molecular complexity index is 900. The Morgan fingerprint density at radius 2 is 2.19 bits per heavy atom. The van der Waals surface area contributed by atoms with Crippen molar-refractivity contribution in [3.8, 4) is 11.1 Å². The summed E-state index contributed by atoms with van der Waals surface area (Å²) >= 11 is 0. The van der Waals surface area contributed by atoms with E-state index in [2.05, 4.69) is 15.5 Å². The minimum Gasteiger partial charge on any atom is -0.395 e. The monoisotopic (exact) mass is 355 g/mol. The van der Waals surface area contributed by atoms with Crippen molar-refractivity contribution < 1.29 is 5.11 Å². The van der Waals surface area contributed by atoms with Gasteiger partial charge in [-0.2, -0.15) is 14.7 Å². The normalized spacial score (nSPS) is 20.7. The van der Waals surface area contributed by atoms with Crippen LogP contribution in [0.1, 0.15) is 37.3 Å². The highest BCUT2D eigenvalue weighted by molar-refractivity contribution is 5.77. The number of anilines is 1. The third-order valence-electron chi connectivity index (χ3n) is 5.17. The molecule has 138 valence electrons. The van der Waals surface area contributed by atoms with Crippen molar-refractivity contribution in [1.29, 1.82) is 0 Å². The summed E-state index contributed by atoms with van der Waals surface area (Å²) in [5.74, 6) is 0.967. The number of hydrogen-bond acceptors (Lipinski definition) is 6. The van der Waals surface area contributed by atoms with Crippen LogP contribution in [0, 0.1) is 0 Å². The summed E-state index contributed by atoms with van der Waals surface area (Å²) in [5, 5.41) is 21.1. The third kappa shape index (κ3) is 3.17. The van der Waals surface area contributed by atoms with Crippen molar-refractivity contribution in [2.45, 2.75) is 37.6 Å². The van der Waals surface area contributed by atoms with E-state index in [9.17, 15) is 0 Å². The lowest BCUT2D eigenvalue weighted by Gasteiger charge is -2.29. The summed E-state index contributed by atoms with van der Waals surface area (Å²) in [4.78, 5) is 4.93. The zero-order valence-corrected chi connectivity index (χ0v) is 15.0. The maximum atomic E-state index is 9.04. The zero-order chi connectivity index (χ0) is 18.1. The molecule has 0 bridgehead atoms. The largest absolute Gasteiger partial charge is 0.395 e. The van der Waals surface area contributed by atoms with Gasteiger partial charge in [0.05, 0.1) is 19.0 Å². The summed E-state index contributed by atoms with van der Waals surface area (Å²) < 4.78 is 3.46. The molecule has 0 aromatic carbocycles. The van der Waals surface area contributed by atoms with E-state index in [0.717, 1.165) is 48.2 Å². The molecule has 1 aliphatic rings. The molecule has 3 heterocycles. The van der Waals surface area contributed by atoms with Gasteiger partial charge in [0.2, 0.25) is 0 Å². The van der Waals surface area contributed by atoms with Crippen LogP contribution in [-0.2, 0) is 7.05 Å². The third-order valence-corrected chi connectivity index (χ3v) is 5.17. The maximum absolute atomic E-state index is 9.04. The molecule has 8 heteroatoms. The molecule has 0 saturated heterocycles. The number of aliphatic hydroxyl groups excluding tert-OH is 1. The second-order valence-electron chi connectivity index (χ2n) is 7.04. The van der Waals surface area contributed by atoms with Crippen LogP contribution in [0.4, 0.5) is 5.82 Å². The molecular formula is C18H25N7O. The average molecular weight is 355 g/mol. The number of rotatable bonds is 5. The van der Waals surface area contributed by atoms with Crippen molar-refractivity contribution in [1.82, 2.24) is 29.7 Å². The lowest BCUT2D eigenvalue weighted by atomic mass is 9.83. The summed E-state index contributed by atoms with van der Waals surface area (Å²) in [6.07, 6.45) is 9.98. The first kappa shape index (κ1) is 17.0. The van der Waals surface area contributed by atoms with E-state index in [4.69, 9.17) is 15.8 Å². The topological polar surface area (TPSA) is 106 Å². The molecule has 0 aliphatic heterocycles. The number of nitrogens with one attached hydrogen (secondary N) is 1. The lowest BCUT2D eigenvalue weighted by molar-refractivity contribution is 0.265. The van der Waals surface area contributed by atoms with Crippen LogP contribution in [0.25, 0.3) is 16.8 Å². The molecular weight excluding hydrogens is 330 g/mol.